The van der Waals surface area contributed by atoms with Crippen LogP contribution in [0.15, 0.2) is 18.2 Å². The fourth-order valence-electron chi connectivity index (χ4n) is 3.20. The molecule has 1 aliphatic rings. The summed E-state index contributed by atoms with van der Waals surface area (Å²) >= 11 is 0. The number of halogens is 1. The molecule has 3 nitrogen and oxygen atoms in total. The minimum atomic E-state index is -1.07. The molecule has 0 radical (unpaired) electrons. The van der Waals surface area contributed by atoms with E-state index in [1.54, 1.807) is 6.07 Å². The van der Waals surface area contributed by atoms with Crippen LogP contribution in [0.4, 0.5) is 4.39 Å². The Balaban J connectivity index is 1.99. The smallest absolute Gasteiger partial charge is 0.335 e. The van der Waals surface area contributed by atoms with Gasteiger partial charge < -0.3 is 5.11 Å². The predicted octanol–water partition coefficient (Wildman–Crippen LogP) is 3.93. The summed E-state index contributed by atoms with van der Waals surface area (Å²) in [6.07, 6.45) is 6.15. The maximum absolute atomic E-state index is 13.5. The van der Waals surface area contributed by atoms with Gasteiger partial charge in [-0.25, -0.2) is 9.18 Å². The third-order valence-electron chi connectivity index (χ3n) is 4.25. The van der Waals surface area contributed by atoms with Gasteiger partial charge in [0.1, 0.15) is 5.82 Å². The number of carboxylic acids is 1. The molecule has 2 rings (SSSR count). The number of aromatic carboxylic acids is 1. The van der Waals surface area contributed by atoms with Crippen molar-refractivity contribution >= 4 is 5.97 Å². The highest BCUT2D eigenvalue weighted by Crippen LogP contribution is 2.23. The zero-order valence-corrected chi connectivity index (χ0v) is 12.6. The highest BCUT2D eigenvalue weighted by molar-refractivity contribution is 5.87. The normalized spacial score (nSPS) is 20.2. The van der Waals surface area contributed by atoms with Gasteiger partial charge in [0.15, 0.2) is 0 Å². The Morgan fingerprint density at radius 1 is 1.33 bits per heavy atom. The van der Waals surface area contributed by atoms with Gasteiger partial charge >= 0.3 is 5.97 Å². The lowest BCUT2D eigenvalue weighted by Gasteiger charge is -2.20. The fourth-order valence-corrected chi connectivity index (χ4v) is 3.20. The third-order valence-corrected chi connectivity index (χ3v) is 4.25. The Bertz CT molecular complexity index is 490. The Hall–Kier alpha value is -1.42. The Morgan fingerprint density at radius 3 is 2.86 bits per heavy atom. The summed E-state index contributed by atoms with van der Waals surface area (Å²) in [5.74, 6) is -0.736. The first-order chi connectivity index (χ1) is 10.1. The standard InChI is InChI=1S/C17H24FNO2/c1-2-4-13-5-3-7-19(8-6-13)12-14-9-15(17(20)21)11-16(18)10-14/h9-11,13H,2-8,12H2,1H3,(H,20,21). The van der Waals surface area contributed by atoms with Crippen LogP contribution in [0.5, 0.6) is 0 Å². The first-order valence-corrected chi connectivity index (χ1v) is 7.83. The molecule has 0 aromatic heterocycles. The summed E-state index contributed by atoms with van der Waals surface area (Å²) in [7, 11) is 0. The SMILES string of the molecule is CCCC1CCCN(Cc2cc(F)cc(C(=O)O)c2)CC1. The zero-order chi connectivity index (χ0) is 15.2. The summed E-state index contributed by atoms with van der Waals surface area (Å²) in [4.78, 5) is 13.3. The van der Waals surface area contributed by atoms with Crippen LogP contribution in [0.2, 0.25) is 0 Å². The molecular weight excluding hydrogens is 269 g/mol. The second kappa shape index (κ2) is 7.55. The molecule has 0 bridgehead atoms. The lowest BCUT2D eigenvalue weighted by Crippen LogP contribution is -2.24. The van der Waals surface area contributed by atoms with Crippen LogP contribution >= 0.6 is 0 Å². The van der Waals surface area contributed by atoms with Crippen LogP contribution in [-0.4, -0.2) is 29.1 Å². The van der Waals surface area contributed by atoms with E-state index in [1.165, 1.54) is 38.2 Å². The van der Waals surface area contributed by atoms with Gasteiger partial charge in [-0.3, -0.25) is 4.90 Å². The monoisotopic (exact) mass is 293 g/mol. The second-order valence-electron chi connectivity index (χ2n) is 6.02. The maximum atomic E-state index is 13.5. The molecule has 1 aromatic carbocycles. The molecule has 1 aromatic rings. The van der Waals surface area contributed by atoms with Gasteiger partial charge in [-0.1, -0.05) is 19.8 Å². The third kappa shape index (κ3) is 4.81. The van der Waals surface area contributed by atoms with Gasteiger partial charge in [0, 0.05) is 6.54 Å². The molecule has 1 unspecified atom stereocenters. The summed E-state index contributed by atoms with van der Waals surface area (Å²) < 4.78 is 13.5. The number of benzene rings is 1. The topological polar surface area (TPSA) is 40.5 Å². The number of carbonyl (C=O) groups is 1. The quantitative estimate of drug-likeness (QED) is 0.894. The Morgan fingerprint density at radius 2 is 2.14 bits per heavy atom. The molecule has 21 heavy (non-hydrogen) atoms. The van der Waals surface area contributed by atoms with Crippen LogP contribution in [-0.2, 0) is 6.54 Å². The van der Waals surface area contributed by atoms with Gasteiger partial charge in [0.25, 0.3) is 0 Å². The van der Waals surface area contributed by atoms with E-state index in [4.69, 9.17) is 5.11 Å². The maximum Gasteiger partial charge on any atom is 0.335 e. The van der Waals surface area contributed by atoms with Gasteiger partial charge in [-0.15, -0.1) is 0 Å². The molecule has 0 aliphatic carbocycles. The minimum absolute atomic E-state index is 0.0312. The van der Waals surface area contributed by atoms with Crippen molar-refractivity contribution in [2.75, 3.05) is 13.1 Å². The van der Waals surface area contributed by atoms with E-state index in [0.717, 1.165) is 30.6 Å². The zero-order valence-electron chi connectivity index (χ0n) is 12.6. The molecule has 4 heteroatoms. The average molecular weight is 293 g/mol. The van der Waals surface area contributed by atoms with E-state index < -0.39 is 11.8 Å². The van der Waals surface area contributed by atoms with Crippen LogP contribution < -0.4 is 0 Å². The molecule has 1 heterocycles. The molecule has 1 aliphatic heterocycles. The number of carboxylic acid groups (broad SMARTS) is 1. The number of rotatable bonds is 5. The Kier molecular flexibility index (Phi) is 5.74. The molecule has 0 spiro atoms. The molecule has 0 saturated carbocycles. The lowest BCUT2D eigenvalue weighted by atomic mass is 9.96. The highest BCUT2D eigenvalue weighted by atomic mass is 19.1. The highest BCUT2D eigenvalue weighted by Gasteiger charge is 2.17. The van der Waals surface area contributed by atoms with Gasteiger partial charge in [0.2, 0.25) is 0 Å². The van der Waals surface area contributed by atoms with Gasteiger partial charge in [-0.05, 0) is 62.0 Å². The summed E-state index contributed by atoms with van der Waals surface area (Å²) in [6.45, 7) is 4.89. The first-order valence-electron chi connectivity index (χ1n) is 7.83. The van der Waals surface area contributed by atoms with Crippen molar-refractivity contribution in [2.45, 2.75) is 45.6 Å². The first kappa shape index (κ1) is 16.0. The molecule has 1 atom stereocenters. The van der Waals surface area contributed by atoms with E-state index in [9.17, 15) is 9.18 Å². The predicted molar refractivity (Wildman–Crippen MR) is 80.9 cm³/mol. The van der Waals surface area contributed by atoms with E-state index >= 15 is 0 Å². The largest absolute Gasteiger partial charge is 0.478 e. The van der Waals surface area contributed by atoms with Crippen LogP contribution in [0.1, 0.15) is 54.9 Å². The number of hydrogen-bond donors (Lipinski definition) is 1. The molecule has 1 saturated heterocycles. The van der Waals surface area contributed by atoms with Gasteiger partial charge in [0.05, 0.1) is 5.56 Å². The molecular formula is C17H24FNO2. The number of nitrogens with zero attached hydrogens (tertiary/aromatic N) is 1. The van der Waals surface area contributed by atoms with E-state index in [-0.39, 0.29) is 5.56 Å². The van der Waals surface area contributed by atoms with Crippen molar-refractivity contribution in [2.24, 2.45) is 5.92 Å². The van der Waals surface area contributed by atoms with Crippen molar-refractivity contribution in [3.63, 3.8) is 0 Å². The van der Waals surface area contributed by atoms with E-state index in [1.807, 2.05) is 0 Å². The van der Waals surface area contributed by atoms with Crippen LogP contribution in [0, 0.1) is 11.7 Å². The molecule has 1 N–H and O–H groups in total. The summed E-state index contributed by atoms with van der Waals surface area (Å²) in [6, 6.07) is 4.10. The second-order valence-corrected chi connectivity index (χ2v) is 6.02. The summed E-state index contributed by atoms with van der Waals surface area (Å²) in [5, 5.41) is 9.00. The van der Waals surface area contributed by atoms with Crippen LogP contribution in [0.3, 0.4) is 0 Å². The van der Waals surface area contributed by atoms with Crippen molar-refractivity contribution in [1.82, 2.24) is 4.90 Å². The van der Waals surface area contributed by atoms with Crippen molar-refractivity contribution < 1.29 is 14.3 Å². The van der Waals surface area contributed by atoms with Crippen LogP contribution in [0.25, 0.3) is 0 Å². The minimum Gasteiger partial charge on any atom is -0.478 e. The van der Waals surface area contributed by atoms with E-state index in [2.05, 4.69) is 11.8 Å². The molecule has 0 amide bonds. The fraction of sp³-hybridized carbons (Fsp3) is 0.588. The van der Waals surface area contributed by atoms with Crippen molar-refractivity contribution in [3.8, 4) is 0 Å². The van der Waals surface area contributed by atoms with Crippen molar-refractivity contribution in [1.29, 1.82) is 0 Å². The molecule has 116 valence electrons. The average Bonchev–Trinajstić information content (AvgIpc) is 2.64. The summed E-state index contributed by atoms with van der Waals surface area (Å²) in [5.41, 5.74) is 0.782. The number of likely N-dealkylation sites (tertiary alicyclic amines) is 1. The molecule has 1 fully saturated rings. The lowest BCUT2D eigenvalue weighted by molar-refractivity contribution is 0.0696. The van der Waals surface area contributed by atoms with E-state index in [0.29, 0.717) is 6.54 Å². The van der Waals surface area contributed by atoms with Crippen molar-refractivity contribution in [3.05, 3.63) is 35.1 Å². The Labute approximate surface area is 125 Å². The number of hydrogen-bond acceptors (Lipinski definition) is 2. The van der Waals surface area contributed by atoms with Gasteiger partial charge in [-0.2, -0.15) is 0 Å².